The van der Waals surface area contributed by atoms with Crippen LogP contribution < -0.4 is 0 Å². The molecule has 0 aliphatic heterocycles. The number of hydrogen-bond donors (Lipinski definition) is 0. The van der Waals surface area contributed by atoms with Gasteiger partial charge in [0.2, 0.25) is 7.44 Å². The molecule has 0 aromatic rings. The molecule has 24 heavy (non-hydrogen) atoms. The van der Waals surface area contributed by atoms with E-state index in [1.54, 1.807) is 0 Å². The molecule has 146 valence electrons. The van der Waals surface area contributed by atoms with E-state index in [4.69, 9.17) is 0 Å². The maximum absolute atomic E-state index is 14.2. The lowest BCUT2D eigenvalue weighted by molar-refractivity contribution is 0.360. The third-order valence-electron chi connectivity index (χ3n) is 4.77. The minimum absolute atomic E-state index is 0.543. The van der Waals surface area contributed by atoms with Crippen molar-refractivity contribution in [1.29, 1.82) is 0 Å². The summed E-state index contributed by atoms with van der Waals surface area (Å²) in [6.07, 6.45) is 0. The Labute approximate surface area is 153 Å². The number of hydrogen-bond acceptors (Lipinski definition) is 3. The highest BCUT2D eigenvalue weighted by molar-refractivity contribution is 7.73. The molecule has 7 heteroatoms. The maximum atomic E-state index is 14.2. The Morgan fingerprint density at radius 1 is 0.583 bits per heavy atom. The highest BCUT2D eigenvalue weighted by Gasteiger charge is 2.39. The predicted octanol–water partition coefficient (Wildman–Crippen LogP) is 4.82. The Morgan fingerprint density at radius 2 is 0.875 bits per heavy atom. The van der Waals surface area contributed by atoms with E-state index in [0.717, 1.165) is 58.3 Å². The summed E-state index contributed by atoms with van der Waals surface area (Å²) in [4.78, 5) is 0. The van der Waals surface area contributed by atoms with Gasteiger partial charge in [-0.1, -0.05) is 55.4 Å². The zero-order valence-electron chi connectivity index (χ0n) is 17.5. The molecule has 0 spiro atoms. The smallest absolute Gasteiger partial charge is 0.223 e. The van der Waals surface area contributed by atoms with Gasteiger partial charge in [0.1, 0.15) is 0 Å². The van der Waals surface area contributed by atoms with E-state index in [-0.39, 0.29) is 0 Å². The van der Waals surface area contributed by atoms with Gasteiger partial charge in [0.15, 0.2) is 0 Å². The molecule has 0 aliphatic rings. The third kappa shape index (κ3) is 6.04. The van der Waals surface area contributed by atoms with Gasteiger partial charge in [-0.15, -0.1) is 0 Å². The van der Waals surface area contributed by atoms with Crippen molar-refractivity contribution in [3.8, 4) is 0 Å². The van der Waals surface area contributed by atoms with Crippen LogP contribution in [0.1, 0.15) is 55.4 Å². The van der Waals surface area contributed by atoms with Crippen molar-refractivity contribution in [2.45, 2.75) is 55.4 Å². The Bertz CT molecular complexity index is 326. The molecule has 0 aliphatic carbocycles. The molecular weight excluding hydrogens is 338 g/mol. The highest BCUT2D eigenvalue weighted by atomic mass is 31.2. The molecule has 0 radical (unpaired) electrons. The van der Waals surface area contributed by atoms with Gasteiger partial charge in [-0.3, -0.25) is 13.9 Å². The Morgan fingerprint density at radius 3 is 1.08 bits per heavy atom. The second-order valence-electron chi connectivity index (χ2n) is 5.73. The highest BCUT2D eigenvalue weighted by Crippen LogP contribution is 2.63. The van der Waals surface area contributed by atoms with E-state index in [1.807, 2.05) is 0 Å². The summed E-state index contributed by atoms with van der Waals surface area (Å²) in [5.74, 6) is 0.787. The fourth-order valence-corrected chi connectivity index (χ4v) is 11.3. The first-order valence-electron chi connectivity index (χ1n) is 9.80. The molecule has 0 saturated heterocycles. The van der Waals surface area contributed by atoms with Crippen molar-refractivity contribution in [3.63, 3.8) is 0 Å². The summed E-state index contributed by atoms with van der Waals surface area (Å²) in [6, 6.07) is 0. The first kappa shape index (κ1) is 24.5. The van der Waals surface area contributed by atoms with Crippen molar-refractivity contribution in [2.24, 2.45) is 0 Å². The molecule has 0 aromatic heterocycles. The van der Waals surface area contributed by atoms with Crippen molar-refractivity contribution in [3.05, 3.63) is 0 Å². The van der Waals surface area contributed by atoms with Gasteiger partial charge in [-0.2, -0.15) is 0 Å². The second-order valence-corrected chi connectivity index (χ2v) is 11.2. The quantitative estimate of drug-likeness (QED) is 0.403. The first-order valence-corrected chi connectivity index (χ1v) is 13.0. The molecular formula is C17H42N4OP2. The van der Waals surface area contributed by atoms with Gasteiger partial charge >= 0.3 is 0 Å². The SMILES string of the molecule is CCN(CC)P(CP(=O)(N(CC)CC)N(CC)CC)N(CC)CC. The van der Waals surface area contributed by atoms with Crippen LogP contribution in [0.3, 0.4) is 0 Å². The lowest BCUT2D eigenvalue weighted by Crippen LogP contribution is -2.37. The average molecular weight is 380 g/mol. The predicted molar refractivity (Wildman–Crippen MR) is 111 cm³/mol. The summed E-state index contributed by atoms with van der Waals surface area (Å²) >= 11 is 0. The standard InChI is InChI=1S/C17H42N4OP2/c1-9-18(10-2)23(19(11-3)12-4)17-24(22,20(13-5)14-6)21(15-7)16-8/h9-17H2,1-8H3. The van der Waals surface area contributed by atoms with Crippen LogP contribution in [0.2, 0.25) is 0 Å². The van der Waals surface area contributed by atoms with Crippen LogP contribution in [0.4, 0.5) is 0 Å². The number of nitrogens with zero attached hydrogens (tertiary/aromatic N) is 4. The van der Waals surface area contributed by atoms with Crippen molar-refractivity contribution >= 4 is 15.7 Å². The van der Waals surface area contributed by atoms with E-state index >= 15 is 0 Å². The van der Waals surface area contributed by atoms with E-state index in [2.05, 4.69) is 74.1 Å². The van der Waals surface area contributed by atoms with E-state index < -0.39 is 15.7 Å². The van der Waals surface area contributed by atoms with Crippen molar-refractivity contribution in [2.75, 3.05) is 58.3 Å². The molecule has 0 aromatic carbocycles. The normalized spacial score (nSPS) is 13.2. The third-order valence-corrected chi connectivity index (χ3v) is 12.6. The summed E-state index contributed by atoms with van der Waals surface area (Å²) in [6.45, 7) is 24.9. The Kier molecular flexibility index (Phi) is 13.1. The number of rotatable bonds is 14. The minimum Gasteiger partial charge on any atom is -0.288 e. The average Bonchev–Trinajstić information content (AvgIpc) is 2.58. The largest absolute Gasteiger partial charge is 0.288 e. The van der Waals surface area contributed by atoms with Crippen LogP contribution in [-0.2, 0) is 4.57 Å². The molecule has 0 rings (SSSR count). The van der Waals surface area contributed by atoms with Gasteiger partial charge in [0.05, 0.1) is 5.90 Å². The molecule has 0 amide bonds. The van der Waals surface area contributed by atoms with Crippen LogP contribution in [0.15, 0.2) is 0 Å². The molecule has 0 saturated carbocycles. The molecule has 0 atom stereocenters. The van der Waals surface area contributed by atoms with E-state index in [1.165, 1.54) is 0 Å². The lowest BCUT2D eigenvalue weighted by Gasteiger charge is -2.44. The van der Waals surface area contributed by atoms with Crippen LogP contribution in [-0.4, -0.2) is 76.9 Å². The monoisotopic (exact) mass is 380 g/mol. The van der Waals surface area contributed by atoms with Gasteiger partial charge < -0.3 is 0 Å². The Balaban J connectivity index is 5.85. The van der Waals surface area contributed by atoms with Crippen LogP contribution in [0, 0.1) is 0 Å². The maximum Gasteiger partial charge on any atom is 0.223 e. The van der Waals surface area contributed by atoms with Gasteiger partial charge in [0.25, 0.3) is 0 Å². The van der Waals surface area contributed by atoms with Gasteiger partial charge in [-0.05, 0) is 0 Å². The fourth-order valence-electron chi connectivity index (χ4n) is 3.31. The molecule has 0 N–H and O–H groups in total. The minimum atomic E-state index is -2.54. The van der Waals surface area contributed by atoms with Gasteiger partial charge in [-0.25, -0.2) is 9.34 Å². The fraction of sp³-hybridized carbons (Fsp3) is 1.00. The summed E-state index contributed by atoms with van der Waals surface area (Å²) in [5.41, 5.74) is 0. The molecule has 0 heterocycles. The topological polar surface area (TPSA) is 30.0 Å². The summed E-state index contributed by atoms with van der Waals surface area (Å²) < 4.78 is 23.7. The first-order chi connectivity index (χ1) is 11.4. The van der Waals surface area contributed by atoms with Crippen LogP contribution in [0.5, 0.6) is 0 Å². The zero-order valence-corrected chi connectivity index (χ0v) is 19.2. The van der Waals surface area contributed by atoms with Crippen molar-refractivity contribution in [1.82, 2.24) is 18.7 Å². The Hall–Kier alpha value is 0.500. The molecule has 5 nitrogen and oxygen atoms in total. The zero-order chi connectivity index (χ0) is 18.8. The lowest BCUT2D eigenvalue weighted by atomic mass is 10.7. The van der Waals surface area contributed by atoms with Gasteiger partial charge in [0, 0.05) is 60.6 Å². The molecule has 0 unspecified atom stereocenters. The summed E-state index contributed by atoms with van der Waals surface area (Å²) in [7, 11) is -3.09. The van der Waals surface area contributed by atoms with Crippen LogP contribution >= 0.6 is 15.7 Å². The molecule has 0 fully saturated rings. The van der Waals surface area contributed by atoms with E-state index in [9.17, 15) is 4.57 Å². The molecule has 0 bridgehead atoms. The summed E-state index contributed by atoms with van der Waals surface area (Å²) in [5, 5.41) is 0. The second kappa shape index (κ2) is 12.8. The van der Waals surface area contributed by atoms with E-state index in [0.29, 0.717) is 0 Å². The van der Waals surface area contributed by atoms with Crippen molar-refractivity contribution < 1.29 is 4.57 Å². The van der Waals surface area contributed by atoms with Crippen LogP contribution in [0.25, 0.3) is 0 Å².